The van der Waals surface area contributed by atoms with Crippen molar-refractivity contribution in [2.45, 2.75) is 26.8 Å². The molecule has 0 aromatic carbocycles. The Hall–Kier alpha value is -0.870. The number of thiophene rings is 1. The molecule has 0 radical (unpaired) electrons. The Bertz CT molecular complexity index is 336. The minimum absolute atomic E-state index is 0.0232. The predicted octanol–water partition coefficient (Wildman–Crippen LogP) is 1.78. The molecule has 90 valence electrons. The van der Waals surface area contributed by atoms with Crippen LogP contribution in [0.4, 0.5) is 0 Å². The molecule has 0 aliphatic heterocycles. The van der Waals surface area contributed by atoms with Gasteiger partial charge in [0.05, 0.1) is 6.54 Å². The van der Waals surface area contributed by atoms with E-state index in [0.29, 0.717) is 6.54 Å². The molecule has 0 bridgehead atoms. The minimum atomic E-state index is 0.0232. The molecule has 1 aromatic rings. The first-order valence-corrected chi connectivity index (χ1v) is 6.54. The van der Waals surface area contributed by atoms with Gasteiger partial charge in [-0.25, -0.2) is 0 Å². The van der Waals surface area contributed by atoms with E-state index in [1.165, 1.54) is 10.4 Å². The van der Waals surface area contributed by atoms with Crippen molar-refractivity contribution >= 4 is 17.2 Å². The number of rotatable bonds is 6. The second-order valence-electron chi connectivity index (χ2n) is 3.90. The summed E-state index contributed by atoms with van der Waals surface area (Å²) in [5.74, 6) is 0.139. The molecule has 0 saturated heterocycles. The summed E-state index contributed by atoms with van der Waals surface area (Å²) in [7, 11) is 1.86. The van der Waals surface area contributed by atoms with Crippen LogP contribution in [0.5, 0.6) is 0 Å². The van der Waals surface area contributed by atoms with Crippen LogP contribution in [-0.2, 0) is 17.8 Å². The minimum Gasteiger partial charge on any atom is -0.351 e. The van der Waals surface area contributed by atoms with E-state index >= 15 is 0 Å². The quantitative estimate of drug-likeness (QED) is 0.796. The lowest BCUT2D eigenvalue weighted by atomic mass is 10.1. The van der Waals surface area contributed by atoms with E-state index in [-0.39, 0.29) is 11.8 Å². The van der Waals surface area contributed by atoms with Crippen LogP contribution in [0.25, 0.3) is 0 Å². The topological polar surface area (TPSA) is 41.1 Å². The number of nitrogens with one attached hydrogen (secondary N) is 2. The molecule has 0 aliphatic carbocycles. The van der Waals surface area contributed by atoms with E-state index in [2.05, 4.69) is 29.0 Å². The molecule has 0 fully saturated rings. The molecule has 16 heavy (non-hydrogen) atoms. The van der Waals surface area contributed by atoms with Crippen LogP contribution in [0.1, 0.15) is 24.3 Å². The molecule has 3 nitrogen and oxygen atoms in total. The zero-order chi connectivity index (χ0) is 12.0. The molecule has 4 heteroatoms. The number of carbonyl (C=O) groups is 1. The van der Waals surface area contributed by atoms with Gasteiger partial charge in [-0.05, 0) is 30.5 Å². The summed E-state index contributed by atoms with van der Waals surface area (Å²) in [6, 6.07) is 2.13. The van der Waals surface area contributed by atoms with E-state index in [1.807, 2.05) is 14.0 Å². The third-order valence-electron chi connectivity index (χ3n) is 2.60. The standard InChI is InChI=1S/C12H20N2OS/c1-4-10-5-6-16-11(10)8-14-12(15)9(2)7-13-3/h5-6,9,13H,4,7-8H2,1-3H3,(H,14,15). The Morgan fingerprint density at radius 2 is 2.31 bits per heavy atom. The summed E-state index contributed by atoms with van der Waals surface area (Å²) in [5, 5.41) is 8.06. The smallest absolute Gasteiger partial charge is 0.224 e. The lowest BCUT2D eigenvalue weighted by molar-refractivity contribution is -0.124. The van der Waals surface area contributed by atoms with Crippen molar-refractivity contribution in [3.63, 3.8) is 0 Å². The van der Waals surface area contributed by atoms with Crippen molar-refractivity contribution in [1.29, 1.82) is 0 Å². The maximum atomic E-state index is 11.7. The van der Waals surface area contributed by atoms with Crippen LogP contribution < -0.4 is 10.6 Å². The molecule has 0 saturated carbocycles. The first kappa shape index (κ1) is 13.2. The Morgan fingerprint density at radius 3 is 2.94 bits per heavy atom. The summed E-state index contributed by atoms with van der Waals surface area (Å²) in [5.41, 5.74) is 1.34. The van der Waals surface area contributed by atoms with Crippen LogP contribution in [-0.4, -0.2) is 19.5 Å². The Kier molecular flexibility index (Phi) is 5.49. The molecule has 0 aliphatic rings. The van der Waals surface area contributed by atoms with Crippen LogP contribution in [0, 0.1) is 5.92 Å². The summed E-state index contributed by atoms with van der Waals surface area (Å²) < 4.78 is 0. The van der Waals surface area contributed by atoms with Gasteiger partial charge in [0.15, 0.2) is 0 Å². The average Bonchev–Trinajstić information content (AvgIpc) is 2.73. The van der Waals surface area contributed by atoms with E-state index < -0.39 is 0 Å². The van der Waals surface area contributed by atoms with Crippen molar-refractivity contribution in [1.82, 2.24) is 10.6 Å². The summed E-state index contributed by atoms with van der Waals surface area (Å²) in [4.78, 5) is 13.0. The second kappa shape index (κ2) is 6.66. The first-order chi connectivity index (χ1) is 7.69. The molecule has 1 heterocycles. The maximum Gasteiger partial charge on any atom is 0.224 e. The number of hydrogen-bond acceptors (Lipinski definition) is 3. The Labute approximate surface area is 101 Å². The molecule has 1 atom stereocenters. The van der Waals surface area contributed by atoms with Gasteiger partial charge in [0.25, 0.3) is 0 Å². The van der Waals surface area contributed by atoms with Crippen LogP contribution in [0.3, 0.4) is 0 Å². The van der Waals surface area contributed by atoms with E-state index in [0.717, 1.165) is 13.0 Å². The van der Waals surface area contributed by atoms with Crippen molar-refractivity contribution in [3.05, 3.63) is 21.9 Å². The Balaban J connectivity index is 2.42. The second-order valence-corrected chi connectivity index (χ2v) is 4.90. The SMILES string of the molecule is CCc1ccsc1CNC(=O)C(C)CNC. The lowest BCUT2D eigenvalue weighted by Gasteiger charge is -2.11. The van der Waals surface area contributed by atoms with E-state index in [4.69, 9.17) is 0 Å². The molecule has 1 aromatic heterocycles. The molecule has 2 N–H and O–H groups in total. The third kappa shape index (κ3) is 3.61. The van der Waals surface area contributed by atoms with Crippen molar-refractivity contribution in [2.75, 3.05) is 13.6 Å². The number of hydrogen-bond donors (Lipinski definition) is 2. The normalized spacial score (nSPS) is 12.4. The fourth-order valence-corrected chi connectivity index (χ4v) is 2.49. The van der Waals surface area contributed by atoms with Gasteiger partial charge in [-0.15, -0.1) is 11.3 Å². The van der Waals surface area contributed by atoms with Crippen molar-refractivity contribution in [2.24, 2.45) is 5.92 Å². The van der Waals surface area contributed by atoms with Gasteiger partial charge in [0.1, 0.15) is 0 Å². The van der Waals surface area contributed by atoms with Gasteiger partial charge in [0, 0.05) is 17.3 Å². The van der Waals surface area contributed by atoms with Gasteiger partial charge in [-0.3, -0.25) is 4.79 Å². The molecule has 1 rings (SSSR count). The first-order valence-electron chi connectivity index (χ1n) is 5.66. The fraction of sp³-hybridized carbons (Fsp3) is 0.583. The number of carbonyl (C=O) groups excluding carboxylic acids is 1. The molecule has 1 amide bonds. The van der Waals surface area contributed by atoms with Crippen LogP contribution >= 0.6 is 11.3 Å². The highest BCUT2D eigenvalue weighted by molar-refractivity contribution is 7.10. The molecular weight excluding hydrogens is 220 g/mol. The molecular formula is C12H20N2OS. The zero-order valence-electron chi connectivity index (χ0n) is 10.2. The third-order valence-corrected chi connectivity index (χ3v) is 3.56. The number of aryl methyl sites for hydroxylation is 1. The van der Waals surface area contributed by atoms with Gasteiger partial charge >= 0.3 is 0 Å². The van der Waals surface area contributed by atoms with E-state index in [1.54, 1.807) is 11.3 Å². The average molecular weight is 240 g/mol. The summed E-state index contributed by atoms with van der Waals surface area (Å²) in [6.07, 6.45) is 1.03. The zero-order valence-corrected chi connectivity index (χ0v) is 11.0. The van der Waals surface area contributed by atoms with Crippen molar-refractivity contribution < 1.29 is 4.79 Å². The van der Waals surface area contributed by atoms with Crippen LogP contribution in [0.2, 0.25) is 0 Å². The highest BCUT2D eigenvalue weighted by Gasteiger charge is 2.12. The fourth-order valence-electron chi connectivity index (χ4n) is 1.58. The number of amides is 1. The Morgan fingerprint density at radius 1 is 1.56 bits per heavy atom. The van der Waals surface area contributed by atoms with Gasteiger partial charge in [-0.2, -0.15) is 0 Å². The predicted molar refractivity (Wildman–Crippen MR) is 68.6 cm³/mol. The van der Waals surface area contributed by atoms with E-state index in [9.17, 15) is 4.79 Å². The van der Waals surface area contributed by atoms with Crippen molar-refractivity contribution in [3.8, 4) is 0 Å². The molecule has 0 spiro atoms. The largest absolute Gasteiger partial charge is 0.351 e. The van der Waals surface area contributed by atoms with Gasteiger partial charge < -0.3 is 10.6 Å². The van der Waals surface area contributed by atoms with Crippen LogP contribution in [0.15, 0.2) is 11.4 Å². The van der Waals surface area contributed by atoms with Gasteiger partial charge in [0.2, 0.25) is 5.91 Å². The monoisotopic (exact) mass is 240 g/mol. The summed E-state index contributed by atoms with van der Waals surface area (Å²) >= 11 is 1.71. The highest BCUT2D eigenvalue weighted by Crippen LogP contribution is 2.16. The lowest BCUT2D eigenvalue weighted by Crippen LogP contribution is -2.33. The van der Waals surface area contributed by atoms with Gasteiger partial charge in [-0.1, -0.05) is 13.8 Å². The summed E-state index contributed by atoms with van der Waals surface area (Å²) in [6.45, 7) is 5.45. The highest BCUT2D eigenvalue weighted by atomic mass is 32.1. The molecule has 1 unspecified atom stereocenters. The maximum absolute atomic E-state index is 11.7.